The van der Waals surface area contributed by atoms with Crippen molar-refractivity contribution >= 4 is 27.6 Å². The molecular weight excluding hydrogens is 366 g/mol. The standard InChI is InChI=1S/C19H25N3O2S2/c1-16(25-17-9-5-3-6-10-17)15-22-19(20-2)21-13-14-26(23,24)18-11-7-4-8-12-18/h3-12,16H,13-15H2,1-2H3,(H2,20,21,22). The van der Waals surface area contributed by atoms with Crippen molar-refractivity contribution in [1.82, 2.24) is 10.6 Å². The van der Waals surface area contributed by atoms with Crippen LogP contribution in [-0.4, -0.2) is 45.5 Å². The number of rotatable bonds is 8. The fourth-order valence-electron chi connectivity index (χ4n) is 2.28. The summed E-state index contributed by atoms with van der Waals surface area (Å²) in [6, 6.07) is 18.7. The number of thioether (sulfide) groups is 1. The maximum Gasteiger partial charge on any atom is 0.191 e. The van der Waals surface area contributed by atoms with Crippen molar-refractivity contribution in [3.8, 4) is 0 Å². The molecule has 140 valence electrons. The van der Waals surface area contributed by atoms with Crippen LogP contribution in [0.5, 0.6) is 0 Å². The van der Waals surface area contributed by atoms with Gasteiger partial charge in [-0.1, -0.05) is 43.3 Å². The molecule has 0 saturated carbocycles. The van der Waals surface area contributed by atoms with Crippen LogP contribution in [0.15, 0.2) is 75.4 Å². The number of hydrogen-bond acceptors (Lipinski definition) is 4. The lowest BCUT2D eigenvalue weighted by molar-refractivity contribution is 0.594. The van der Waals surface area contributed by atoms with Crippen molar-refractivity contribution in [3.05, 3.63) is 60.7 Å². The highest BCUT2D eigenvalue weighted by Gasteiger charge is 2.13. The molecule has 0 radical (unpaired) electrons. The maximum absolute atomic E-state index is 12.3. The first-order valence-corrected chi connectivity index (χ1v) is 11.0. The SMILES string of the molecule is CN=C(NCCS(=O)(=O)c1ccccc1)NCC(C)Sc1ccccc1. The molecule has 5 nitrogen and oxygen atoms in total. The Morgan fingerprint density at radius 2 is 1.65 bits per heavy atom. The van der Waals surface area contributed by atoms with Gasteiger partial charge in [0, 0.05) is 30.3 Å². The smallest absolute Gasteiger partial charge is 0.191 e. The molecule has 0 heterocycles. The zero-order valence-corrected chi connectivity index (χ0v) is 16.7. The molecular formula is C19H25N3O2S2. The Kier molecular flexibility index (Phi) is 8.00. The third kappa shape index (κ3) is 6.72. The molecule has 1 unspecified atom stereocenters. The number of aliphatic imine (C=N–C) groups is 1. The van der Waals surface area contributed by atoms with Gasteiger partial charge in [-0.3, -0.25) is 4.99 Å². The molecule has 2 N–H and O–H groups in total. The molecule has 2 rings (SSSR count). The van der Waals surface area contributed by atoms with Crippen LogP contribution in [-0.2, 0) is 9.84 Å². The van der Waals surface area contributed by atoms with E-state index in [2.05, 4.69) is 34.7 Å². The summed E-state index contributed by atoms with van der Waals surface area (Å²) < 4.78 is 24.5. The molecule has 0 aliphatic rings. The van der Waals surface area contributed by atoms with Gasteiger partial charge in [0.25, 0.3) is 0 Å². The highest BCUT2D eigenvalue weighted by atomic mass is 32.2. The van der Waals surface area contributed by atoms with Gasteiger partial charge in [-0.05, 0) is 24.3 Å². The monoisotopic (exact) mass is 391 g/mol. The molecule has 2 aromatic carbocycles. The van der Waals surface area contributed by atoms with Gasteiger partial charge in [0.2, 0.25) is 0 Å². The average molecular weight is 392 g/mol. The van der Waals surface area contributed by atoms with Crippen molar-refractivity contribution in [3.63, 3.8) is 0 Å². The number of sulfone groups is 1. The summed E-state index contributed by atoms with van der Waals surface area (Å²) in [6.45, 7) is 3.17. The van der Waals surface area contributed by atoms with E-state index >= 15 is 0 Å². The molecule has 26 heavy (non-hydrogen) atoms. The Morgan fingerprint density at radius 1 is 1.04 bits per heavy atom. The predicted molar refractivity (Wildman–Crippen MR) is 110 cm³/mol. The second-order valence-corrected chi connectivity index (χ2v) is 9.37. The van der Waals surface area contributed by atoms with E-state index in [1.807, 2.05) is 18.2 Å². The summed E-state index contributed by atoms with van der Waals surface area (Å²) in [4.78, 5) is 5.72. The van der Waals surface area contributed by atoms with E-state index in [1.165, 1.54) is 4.90 Å². The Morgan fingerprint density at radius 3 is 2.27 bits per heavy atom. The van der Waals surface area contributed by atoms with E-state index in [0.29, 0.717) is 22.6 Å². The van der Waals surface area contributed by atoms with Crippen molar-refractivity contribution in [2.45, 2.75) is 22.0 Å². The highest BCUT2D eigenvalue weighted by Crippen LogP contribution is 2.21. The van der Waals surface area contributed by atoms with Gasteiger partial charge in [0.05, 0.1) is 10.6 Å². The van der Waals surface area contributed by atoms with E-state index in [4.69, 9.17) is 0 Å². The third-order valence-corrected chi connectivity index (χ3v) is 6.47. The van der Waals surface area contributed by atoms with Gasteiger partial charge in [-0.2, -0.15) is 0 Å². The summed E-state index contributed by atoms with van der Waals surface area (Å²) in [7, 11) is -1.61. The molecule has 2 aromatic rings. The van der Waals surface area contributed by atoms with E-state index in [9.17, 15) is 8.42 Å². The van der Waals surface area contributed by atoms with Gasteiger partial charge in [0.15, 0.2) is 15.8 Å². The number of hydrogen-bond donors (Lipinski definition) is 2. The summed E-state index contributed by atoms with van der Waals surface area (Å²) in [5.74, 6) is 0.625. The van der Waals surface area contributed by atoms with E-state index in [1.54, 1.807) is 49.1 Å². The Hall–Kier alpha value is -1.99. The van der Waals surface area contributed by atoms with Gasteiger partial charge in [0.1, 0.15) is 0 Å². The fraction of sp³-hybridized carbons (Fsp3) is 0.316. The van der Waals surface area contributed by atoms with Crippen LogP contribution in [0.1, 0.15) is 6.92 Å². The first-order valence-electron chi connectivity index (χ1n) is 8.45. The Labute approximate surface area is 160 Å². The van der Waals surface area contributed by atoms with Crippen LogP contribution in [0.4, 0.5) is 0 Å². The lowest BCUT2D eigenvalue weighted by atomic mass is 10.4. The Balaban J connectivity index is 1.76. The van der Waals surface area contributed by atoms with Crippen molar-refractivity contribution in [2.75, 3.05) is 25.9 Å². The quantitative estimate of drug-likeness (QED) is 0.411. The highest BCUT2D eigenvalue weighted by molar-refractivity contribution is 8.00. The number of benzene rings is 2. The lowest BCUT2D eigenvalue weighted by Crippen LogP contribution is -2.41. The number of nitrogens with zero attached hydrogens (tertiary/aromatic N) is 1. The minimum Gasteiger partial charge on any atom is -0.355 e. The van der Waals surface area contributed by atoms with E-state index in [-0.39, 0.29) is 5.75 Å². The predicted octanol–water partition coefficient (Wildman–Crippen LogP) is 2.81. The molecule has 0 fully saturated rings. The molecule has 0 saturated heterocycles. The summed E-state index contributed by atoms with van der Waals surface area (Å²) in [5.41, 5.74) is 0. The zero-order chi connectivity index (χ0) is 18.8. The molecule has 0 aliphatic heterocycles. The summed E-state index contributed by atoms with van der Waals surface area (Å²) in [6.07, 6.45) is 0. The minimum atomic E-state index is -3.29. The first-order chi connectivity index (χ1) is 12.5. The zero-order valence-electron chi connectivity index (χ0n) is 15.1. The van der Waals surface area contributed by atoms with Crippen LogP contribution >= 0.6 is 11.8 Å². The molecule has 0 aliphatic carbocycles. The van der Waals surface area contributed by atoms with Crippen LogP contribution in [0.2, 0.25) is 0 Å². The fourth-order valence-corrected chi connectivity index (χ4v) is 4.41. The van der Waals surface area contributed by atoms with Gasteiger partial charge in [-0.25, -0.2) is 8.42 Å². The van der Waals surface area contributed by atoms with Gasteiger partial charge in [-0.15, -0.1) is 11.8 Å². The molecule has 0 spiro atoms. The number of guanidine groups is 1. The second-order valence-electron chi connectivity index (χ2n) is 5.75. The second kappa shape index (κ2) is 10.2. The molecule has 0 amide bonds. The van der Waals surface area contributed by atoms with E-state index in [0.717, 1.165) is 6.54 Å². The summed E-state index contributed by atoms with van der Waals surface area (Å²) >= 11 is 1.78. The number of nitrogens with one attached hydrogen (secondary N) is 2. The normalized spacial score (nSPS) is 13.2. The van der Waals surface area contributed by atoms with Crippen molar-refractivity contribution in [2.24, 2.45) is 4.99 Å². The first kappa shape index (κ1) is 20.3. The van der Waals surface area contributed by atoms with Gasteiger partial charge < -0.3 is 10.6 Å². The molecule has 0 aromatic heterocycles. The maximum atomic E-state index is 12.3. The molecule has 1 atom stereocenters. The van der Waals surface area contributed by atoms with E-state index < -0.39 is 9.84 Å². The third-order valence-electron chi connectivity index (χ3n) is 3.63. The summed E-state index contributed by atoms with van der Waals surface area (Å²) in [5, 5.41) is 6.65. The van der Waals surface area contributed by atoms with Crippen LogP contribution in [0.25, 0.3) is 0 Å². The minimum absolute atomic E-state index is 0.0199. The average Bonchev–Trinajstić information content (AvgIpc) is 2.66. The van der Waals surface area contributed by atoms with Crippen LogP contribution in [0, 0.1) is 0 Å². The molecule has 0 bridgehead atoms. The van der Waals surface area contributed by atoms with Crippen molar-refractivity contribution in [1.29, 1.82) is 0 Å². The topological polar surface area (TPSA) is 70.6 Å². The Bertz CT molecular complexity index is 794. The van der Waals surface area contributed by atoms with Crippen LogP contribution < -0.4 is 10.6 Å². The van der Waals surface area contributed by atoms with Gasteiger partial charge >= 0.3 is 0 Å². The lowest BCUT2D eigenvalue weighted by Gasteiger charge is -2.16. The molecule has 7 heteroatoms. The van der Waals surface area contributed by atoms with Crippen molar-refractivity contribution < 1.29 is 8.42 Å². The largest absolute Gasteiger partial charge is 0.355 e. The van der Waals surface area contributed by atoms with Crippen LogP contribution in [0.3, 0.4) is 0 Å².